The molecule has 2 aromatic rings. The summed E-state index contributed by atoms with van der Waals surface area (Å²) >= 11 is 0. The monoisotopic (exact) mass is 349 g/mol. The van der Waals surface area contributed by atoms with E-state index in [1.54, 1.807) is 6.08 Å². The van der Waals surface area contributed by atoms with Crippen molar-refractivity contribution < 1.29 is 19.0 Å². The molecule has 2 aliphatic heterocycles. The summed E-state index contributed by atoms with van der Waals surface area (Å²) in [5, 5.41) is 0. The summed E-state index contributed by atoms with van der Waals surface area (Å²) in [5.41, 5.74) is 3.55. The molecule has 4 rings (SSSR count). The standard InChI is InChI=1S/C21H19NO4/c1-14-3-2-4-15(11-14)6-8-20-22-17(21(23)26-20)12-16-5-7-18-19(13-16)25-10-9-24-18/h2-5,7,11-13H,6,8-10H2,1H3/b17-12+. The first-order valence-corrected chi connectivity index (χ1v) is 8.64. The third kappa shape index (κ3) is 3.61. The molecule has 2 aromatic carbocycles. The zero-order chi connectivity index (χ0) is 17.9. The quantitative estimate of drug-likeness (QED) is 0.624. The lowest BCUT2D eigenvalue weighted by Gasteiger charge is -2.18. The lowest BCUT2D eigenvalue weighted by atomic mass is 10.1. The number of fused-ring (bicyclic) bond motifs is 1. The van der Waals surface area contributed by atoms with Crippen LogP contribution in [-0.4, -0.2) is 25.1 Å². The molecule has 0 saturated carbocycles. The van der Waals surface area contributed by atoms with Crippen LogP contribution in [0.2, 0.25) is 0 Å². The van der Waals surface area contributed by atoms with Gasteiger partial charge in [-0.3, -0.25) is 0 Å². The van der Waals surface area contributed by atoms with Crippen LogP contribution in [0.3, 0.4) is 0 Å². The molecule has 0 amide bonds. The fourth-order valence-corrected chi connectivity index (χ4v) is 2.99. The highest BCUT2D eigenvalue weighted by Crippen LogP contribution is 2.31. The maximum atomic E-state index is 12.1. The topological polar surface area (TPSA) is 57.1 Å². The number of carbonyl (C=O) groups excluding carboxylic acids is 1. The Balaban J connectivity index is 1.48. The zero-order valence-electron chi connectivity index (χ0n) is 14.5. The van der Waals surface area contributed by atoms with Gasteiger partial charge >= 0.3 is 5.97 Å². The number of hydrogen-bond donors (Lipinski definition) is 0. The van der Waals surface area contributed by atoms with Gasteiger partial charge in [-0.2, -0.15) is 0 Å². The van der Waals surface area contributed by atoms with E-state index in [1.165, 1.54) is 11.1 Å². The fourth-order valence-electron chi connectivity index (χ4n) is 2.99. The Labute approximate surface area is 151 Å². The number of hydrogen-bond acceptors (Lipinski definition) is 5. The van der Waals surface area contributed by atoms with Gasteiger partial charge in [0.25, 0.3) is 0 Å². The lowest BCUT2D eigenvalue weighted by Crippen LogP contribution is -2.15. The van der Waals surface area contributed by atoms with Crippen molar-refractivity contribution in [1.29, 1.82) is 0 Å². The second-order valence-electron chi connectivity index (χ2n) is 6.32. The van der Waals surface area contributed by atoms with Crippen LogP contribution in [0, 0.1) is 6.92 Å². The van der Waals surface area contributed by atoms with E-state index in [-0.39, 0.29) is 0 Å². The van der Waals surface area contributed by atoms with E-state index in [0.29, 0.717) is 37.0 Å². The van der Waals surface area contributed by atoms with Crippen LogP contribution in [0.25, 0.3) is 6.08 Å². The van der Waals surface area contributed by atoms with Gasteiger partial charge in [0.1, 0.15) is 13.2 Å². The van der Waals surface area contributed by atoms with Gasteiger partial charge in [0, 0.05) is 6.42 Å². The van der Waals surface area contributed by atoms with E-state index < -0.39 is 5.97 Å². The molecule has 2 aliphatic rings. The van der Waals surface area contributed by atoms with E-state index in [0.717, 1.165) is 17.7 Å². The summed E-state index contributed by atoms with van der Waals surface area (Å²) in [6.07, 6.45) is 3.08. The number of rotatable bonds is 4. The minimum absolute atomic E-state index is 0.306. The molecule has 0 unspecified atom stereocenters. The summed E-state index contributed by atoms with van der Waals surface area (Å²) in [4.78, 5) is 16.4. The number of ether oxygens (including phenoxy) is 3. The van der Waals surface area contributed by atoms with E-state index >= 15 is 0 Å². The van der Waals surface area contributed by atoms with E-state index in [2.05, 4.69) is 30.1 Å². The van der Waals surface area contributed by atoms with Gasteiger partial charge in [0.2, 0.25) is 0 Å². The van der Waals surface area contributed by atoms with Crippen molar-refractivity contribution in [3.63, 3.8) is 0 Å². The van der Waals surface area contributed by atoms with Gasteiger partial charge in [0.15, 0.2) is 23.1 Å². The van der Waals surface area contributed by atoms with Crippen LogP contribution >= 0.6 is 0 Å². The second-order valence-corrected chi connectivity index (χ2v) is 6.32. The van der Waals surface area contributed by atoms with E-state index in [4.69, 9.17) is 14.2 Å². The number of aryl methyl sites for hydroxylation is 2. The van der Waals surface area contributed by atoms with Crippen LogP contribution in [0.1, 0.15) is 23.1 Å². The number of cyclic esters (lactones) is 1. The predicted octanol–water partition coefficient (Wildman–Crippen LogP) is 3.70. The van der Waals surface area contributed by atoms with Gasteiger partial charge in [0.05, 0.1) is 0 Å². The van der Waals surface area contributed by atoms with Crippen LogP contribution < -0.4 is 9.47 Å². The number of aliphatic imine (C=N–C) groups is 1. The predicted molar refractivity (Wildman–Crippen MR) is 98.4 cm³/mol. The van der Waals surface area contributed by atoms with E-state index in [1.807, 2.05) is 24.3 Å². The summed E-state index contributed by atoms with van der Waals surface area (Å²) in [6.45, 7) is 3.13. The number of nitrogens with zero attached hydrogens (tertiary/aromatic N) is 1. The highest BCUT2D eigenvalue weighted by Gasteiger charge is 2.23. The molecule has 0 spiro atoms. The molecular formula is C21H19NO4. The van der Waals surface area contributed by atoms with Crippen molar-refractivity contribution in [2.24, 2.45) is 4.99 Å². The fraction of sp³-hybridized carbons (Fsp3) is 0.238. The third-order valence-corrected chi connectivity index (χ3v) is 4.24. The number of benzene rings is 2. The second kappa shape index (κ2) is 7.04. The molecule has 5 nitrogen and oxygen atoms in total. The molecule has 0 N–H and O–H groups in total. The summed E-state index contributed by atoms with van der Waals surface area (Å²) < 4.78 is 16.4. The zero-order valence-corrected chi connectivity index (χ0v) is 14.5. The molecular weight excluding hydrogens is 330 g/mol. The maximum absolute atomic E-state index is 12.1. The largest absolute Gasteiger partial charge is 0.486 e. The SMILES string of the molecule is Cc1cccc(CCC2=N/C(=C/c3ccc4c(c3)OCCO4)C(=O)O2)c1. The smallest absolute Gasteiger partial charge is 0.363 e. The average Bonchev–Trinajstić information content (AvgIpc) is 2.99. The Morgan fingerprint density at radius 1 is 1.04 bits per heavy atom. The molecule has 0 atom stereocenters. The number of esters is 1. The van der Waals surface area contributed by atoms with E-state index in [9.17, 15) is 4.79 Å². The third-order valence-electron chi connectivity index (χ3n) is 4.24. The van der Waals surface area contributed by atoms with Crippen molar-refractivity contribution in [2.75, 3.05) is 13.2 Å². The van der Waals surface area contributed by atoms with Crippen LogP contribution in [-0.2, 0) is 16.0 Å². The van der Waals surface area contributed by atoms with Crippen LogP contribution in [0.5, 0.6) is 11.5 Å². The molecule has 0 aliphatic carbocycles. The molecule has 0 fully saturated rings. The van der Waals surface area contributed by atoms with Gasteiger partial charge in [-0.15, -0.1) is 0 Å². The molecule has 132 valence electrons. The molecule has 2 heterocycles. The Kier molecular flexibility index (Phi) is 4.44. The first-order chi connectivity index (χ1) is 12.7. The molecule has 0 bridgehead atoms. The summed E-state index contributed by atoms with van der Waals surface area (Å²) in [5.74, 6) is 1.44. The first-order valence-electron chi connectivity index (χ1n) is 8.64. The minimum atomic E-state index is -0.417. The summed E-state index contributed by atoms with van der Waals surface area (Å²) in [7, 11) is 0. The molecule has 5 heteroatoms. The highest BCUT2D eigenvalue weighted by atomic mass is 16.6. The molecule has 0 aromatic heterocycles. The molecule has 0 saturated heterocycles. The number of carbonyl (C=O) groups is 1. The maximum Gasteiger partial charge on any atom is 0.363 e. The highest BCUT2D eigenvalue weighted by molar-refractivity contribution is 6.07. The Hall–Kier alpha value is -3.08. The van der Waals surface area contributed by atoms with Crippen molar-refractivity contribution in [3.8, 4) is 11.5 Å². The van der Waals surface area contributed by atoms with Crippen LogP contribution in [0.4, 0.5) is 0 Å². The minimum Gasteiger partial charge on any atom is -0.486 e. The van der Waals surface area contributed by atoms with Crippen molar-refractivity contribution in [3.05, 3.63) is 64.9 Å². The Morgan fingerprint density at radius 2 is 1.88 bits per heavy atom. The van der Waals surface area contributed by atoms with Gasteiger partial charge in [-0.1, -0.05) is 35.9 Å². The lowest BCUT2D eigenvalue weighted by molar-refractivity contribution is -0.130. The summed E-state index contributed by atoms with van der Waals surface area (Å²) in [6, 6.07) is 13.8. The average molecular weight is 349 g/mol. The van der Waals surface area contributed by atoms with Crippen molar-refractivity contribution in [1.82, 2.24) is 0 Å². The van der Waals surface area contributed by atoms with Gasteiger partial charge in [-0.05, 0) is 42.7 Å². The van der Waals surface area contributed by atoms with Crippen molar-refractivity contribution >= 4 is 17.9 Å². The van der Waals surface area contributed by atoms with Crippen molar-refractivity contribution in [2.45, 2.75) is 19.8 Å². The Bertz CT molecular complexity index is 914. The Morgan fingerprint density at radius 3 is 2.73 bits per heavy atom. The van der Waals surface area contributed by atoms with Gasteiger partial charge < -0.3 is 14.2 Å². The van der Waals surface area contributed by atoms with Crippen LogP contribution in [0.15, 0.2) is 53.2 Å². The molecule has 26 heavy (non-hydrogen) atoms. The molecule has 0 radical (unpaired) electrons. The first kappa shape index (κ1) is 16.4. The normalized spacial score (nSPS) is 17.2. The van der Waals surface area contributed by atoms with Gasteiger partial charge in [-0.25, -0.2) is 9.79 Å².